The first-order valence-corrected chi connectivity index (χ1v) is 9.63. The summed E-state index contributed by atoms with van der Waals surface area (Å²) in [4.78, 5) is 13.5. The van der Waals surface area contributed by atoms with Crippen LogP contribution in [0.15, 0.2) is 41.8 Å². The van der Waals surface area contributed by atoms with Crippen molar-refractivity contribution in [2.24, 2.45) is 0 Å². The third-order valence-corrected chi connectivity index (χ3v) is 4.87. The Balaban J connectivity index is 1.53. The van der Waals surface area contributed by atoms with Crippen LogP contribution < -0.4 is 24.3 Å². The highest BCUT2D eigenvalue weighted by atomic mass is 32.1. The highest BCUT2D eigenvalue weighted by Crippen LogP contribution is 2.38. The van der Waals surface area contributed by atoms with Crippen LogP contribution in [0.3, 0.4) is 0 Å². The van der Waals surface area contributed by atoms with Gasteiger partial charge in [-0.15, -0.1) is 21.5 Å². The molecule has 2 heterocycles. The van der Waals surface area contributed by atoms with Gasteiger partial charge < -0.3 is 24.3 Å². The predicted molar refractivity (Wildman–Crippen MR) is 109 cm³/mol. The van der Waals surface area contributed by atoms with Gasteiger partial charge in [0.15, 0.2) is 11.5 Å². The van der Waals surface area contributed by atoms with Crippen LogP contribution in [0.1, 0.15) is 10.4 Å². The van der Waals surface area contributed by atoms with E-state index in [0.29, 0.717) is 35.2 Å². The summed E-state index contributed by atoms with van der Waals surface area (Å²) in [5, 5.41) is 13.0. The van der Waals surface area contributed by atoms with Gasteiger partial charge in [-0.1, -0.05) is 6.07 Å². The molecule has 3 aromatic rings. The molecule has 0 fully saturated rings. The van der Waals surface area contributed by atoms with Gasteiger partial charge in [-0.3, -0.25) is 4.79 Å². The standard InChI is InChI=1S/C20H21N3O5S/c1-25-15-11-13(12-16(26-2)19(15)27-3)20(24)21-8-9-28-18-7-6-14(22-23-18)17-5-4-10-29-17/h4-7,10-12H,8-9H2,1-3H3,(H,21,24). The number of carbonyl (C=O) groups excluding carboxylic acids is 1. The number of benzene rings is 1. The summed E-state index contributed by atoms with van der Waals surface area (Å²) in [6, 6.07) is 10.7. The molecule has 3 rings (SSSR count). The van der Waals surface area contributed by atoms with Crippen LogP contribution in [0.2, 0.25) is 0 Å². The van der Waals surface area contributed by atoms with Crippen molar-refractivity contribution >= 4 is 17.2 Å². The summed E-state index contributed by atoms with van der Waals surface area (Å²) in [7, 11) is 4.50. The van der Waals surface area contributed by atoms with E-state index in [1.54, 1.807) is 29.5 Å². The Hall–Kier alpha value is -3.33. The molecule has 8 nitrogen and oxygen atoms in total. The summed E-state index contributed by atoms with van der Waals surface area (Å²) in [5.74, 6) is 1.36. The number of hydrogen-bond donors (Lipinski definition) is 1. The van der Waals surface area contributed by atoms with Gasteiger partial charge in [0.2, 0.25) is 11.6 Å². The molecule has 0 saturated heterocycles. The molecule has 1 aromatic carbocycles. The molecule has 0 aliphatic heterocycles. The number of amides is 1. The van der Waals surface area contributed by atoms with Gasteiger partial charge >= 0.3 is 0 Å². The first kappa shape index (κ1) is 20.4. The number of thiophene rings is 1. The second-order valence-corrected chi connectivity index (χ2v) is 6.70. The molecule has 1 amide bonds. The summed E-state index contributed by atoms with van der Waals surface area (Å²) in [6.07, 6.45) is 0. The van der Waals surface area contributed by atoms with Crippen molar-refractivity contribution in [1.29, 1.82) is 0 Å². The summed E-state index contributed by atoms with van der Waals surface area (Å²) < 4.78 is 21.3. The smallest absolute Gasteiger partial charge is 0.251 e. The van der Waals surface area contributed by atoms with E-state index in [9.17, 15) is 4.79 Å². The monoisotopic (exact) mass is 415 g/mol. The van der Waals surface area contributed by atoms with Crippen LogP contribution in [0.5, 0.6) is 23.1 Å². The number of hydrogen-bond acceptors (Lipinski definition) is 8. The van der Waals surface area contributed by atoms with Crippen molar-refractivity contribution in [3.05, 3.63) is 47.3 Å². The van der Waals surface area contributed by atoms with E-state index in [2.05, 4.69) is 15.5 Å². The van der Waals surface area contributed by atoms with Gasteiger partial charge in [0.1, 0.15) is 12.3 Å². The number of nitrogens with one attached hydrogen (secondary N) is 1. The molecule has 0 bridgehead atoms. The molecule has 152 valence electrons. The SMILES string of the molecule is COc1cc(C(=O)NCCOc2ccc(-c3cccs3)nn2)cc(OC)c1OC. The molecular weight excluding hydrogens is 394 g/mol. The maximum atomic E-state index is 12.4. The molecule has 1 N–H and O–H groups in total. The number of rotatable bonds is 9. The van der Waals surface area contributed by atoms with Crippen LogP contribution in [-0.2, 0) is 0 Å². The van der Waals surface area contributed by atoms with Crippen LogP contribution >= 0.6 is 11.3 Å². The van der Waals surface area contributed by atoms with Crippen molar-refractivity contribution in [1.82, 2.24) is 15.5 Å². The molecular formula is C20H21N3O5S. The highest BCUT2D eigenvalue weighted by Gasteiger charge is 2.16. The summed E-state index contributed by atoms with van der Waals surface area (Å²) in [5.41, 5.74) is 1.18. The van der Waals surface area contributed by atoms with E-state index in [0.717, 1.165) is 10.6 Å². The molecule has 0 aliphatic rings. The second kappa shape index (κ2) is 9.74. The lowest BCUT2D eigenvalue weighted by Crippen LogP contribution is -2.28. The van der Waals surface area contributed by atoms with E-state index < -0.39 is 0 Å². The Morgan fingerprint density at radius 2 is 1.79 bits per heavy atom. The Labute approximate surface area is 172 Å². The lowest BCUT2D eigenvalue weighted by molar-refractivity contribution is 0.0945. The van der Waals surface area contributed by atoms with Crippen LogP contribution in [0.4, 0.5) is 0 Å². The van der Waals surface area contributed by atoms with E-state index in [1.165, 1.54) is 21.3 Å². The van der Waals surface area contributed by atoms with Gasteiger partial charge in [-0.05, 0) is 29.6 Å². The van der Waals surface area contributed by atoms with Crippen LogP contribution in [-0.4, -0.2) is 50.6 Å². The summed E-state index contributed by atoms with van der Waals surface area (Å²) in [6.45, 7) is 0.549. The molecule has 0 unspecified atom stereocenters. The Bertz CT molecular complexity index is 920. The average Bonchev–Trinajstić information content (AvgIpc) is 3.30. The zero-order valence-electron chi connectivity index (χ0n) is 16.3. The Kier molecular flexibility index (Phi) is 6.85. The van der Waals surface area contributed by atoms with E-state index >= 15 is 0 Å². The molecule has 2 aromatic heterocycles. The molecule has 0 radical (unpaired) electrons. The average molecular weight is 415 g/mol. The largest absolute Gasteiger partial charge is 0.493 e. The highest BCUT2D eigenvalue weighted by molar-refractivity contribution is 7.13. The molecule has 9 heteroatoms. The van der Waals surface area contributed by atoms with Crippen LogP contribution in [0, 0.1) is 0 Å². The van der Waals surface area contributed by atoms with Crippen molar-refractivity contribution in [3.63, 3.8) is 0 Å². The van der Waals surface area contributed by atoms with Gasteiger partial charge in [0, 0.05) is 11.6 Å². The topological polar surface area (TPSA) is 91.8 Å². The molecule has 0 spiro atoms. The van der Waals surface area contributed by atoms with Crippen molar-refractivity contribution < 1.29 is 23.7 Å². The van der Waals surface area contributed by atoms with Gasteiger partial charge in [0.25, 0.3) is 5.91 Å². The number of nitrogens with zero attached hydrogens (tertiary/aromatic N) is 2. The minimum absolute atomic E-state index is 0.253. The zero-order chi connectivity index (χ0) is 20.6. The molecule has 0 atom stereocenters. The number of ether oxygens (including phenoxy) is 4. The van der Waals surface area contributed by atoms with Crippen LogP contribution in [0.25, 0.3) is 10.6 Å². The predicted octanol–water partition coefficient (Wildman–Crippen LogP) is 3.04. The van der Waals surface area contributed by atoms with Crippen molar-refractivity contribution in [2.45, 2.75) is 0 Å². The summed E-state index contributed by atoms with van der Waals surface area (Å²) >= 11 is 1.60. The minimum Gasteiger partial charge on any atom is -0.493 e. The molecule has 0 aliphatic carbocycles. The lowest BCUT2D eigenvalue weighted by Gasteiger charge is -2.14. The van der Waals surface area contributed by atoms with Gasteiger partial charge in [-0.25, -0.2) is 0 Å². The lowest BCUT2D eigenvalue weighted by atomic mass is 10.1. The fraction of sp³-hybridized carbons (Fsp3) is 0.250. The Morgan fingerprint density at radius 1 is 1.03 bits per heavy atom. The first-order chi connectivity index (χ1) is 14.2. The maximum absolute atomic E-state index is 12.4. The maximum Gasteiger partial charge on any atom is 0.251 e. The van der Waals surface area contributed by atoms with E-state index in [-0.39, 0.29) is 12.5 Å². The normalized spacial score (nSPS) is 10.3. The van der Waals surface area contributed by atoms with Gasteiger partial charge in [-0.2, -0.15) is 0 Å². The second-order valence-electron chi connectivity index (χ2n) is 5.75. The van der Waals surface area contributed by atoms with E-state index in [4.69, 9.17) is 18.9 Å². The van der Waals surface area contributed by atoms with Gasteiger partial charge in [0.05, 0.1) is 32.8 Å². The third kappa shape index (κ3) is 4.94. The van der Waals surface area contributed by atoms with Crippen molar-refractivity contribution in [3.8, 4) is 33.7 Å². The fourth-order valence-electron chi connectivity index (χ4n) is 2.59. The quantitative estimate of drug-likeness (QED) is 0.537. The fourth-order valence-corrected chi connectivity index (χ4v) is 3.28. The number of carbonyl (C=O) groups is 1. The number of methoxy groups -OCH3 is 3. The molecule has 29 heavy (non-hydrogen) atoms. The zero-order valence-corrected chi connectivity index (χ0v) is 17.1. The van der Waals surface area contributed by atoms with E-state index in [1.807, 2.05) is 23.6 Å². The molecule has 0 saturated carbocycles. The third-order valence-electron chi connectivity index (χ3n) is 3.98. The number of aromatic nitrogens is 2. The van der Waals surface area contributed by atoms with Crippen molar-refractivity contribution in [2.75, 3.05) is 34.5 Å². The minimum atomic E-state index is -0.285. The Morgan fingerprint density at radius 3 is 2.34 bits per heavy atom. The first-order valence-electron chi connectivity index (χ1n) is 8.75.